The van der Waals surface area contributed by atoms with Crippen molar-refractivity contribution in [2.75, 3.05) is 0 Å². The minimum absolute atomic E-state index is 0.191. The average molecular weight is 291 g/mol. The number of benzene rings is 1. The number of rotatable bonds is 3. The summed E-state index contributed by atoms with van der Waals surface area (Å²) in [6.07, 6.45) is 1.42. The monoisotopic (exact) mass is 291 g/mol. The van der Waals surface area contributed by atoms with Gasteiger partial charge in [0.25, 0.3) is 10.0 Å². The Morgan fingerprint density at radius 3 is 2.58 bits per heavy atom. The highest BCUT2D eigenvalue weighted by molar-refractivity contribution is 7.89. The zero-order chi connectivity index (χ0) is 13.3. The van der Waals surface area contributed by atoms with Gasteiger partial charge in [-0.2, -0.15) is 19.8 Å². The van der Waals surface area contributed by atoms with Gasteiger partial charge in [-0.1, -0.05) is 23.4 Å². The maximum Gasteiger partial charge on any atom is 0.284 e. The predicted molar refractivity (Wildman–Crippen MR) is 72.4 cm³/mol. The number of hydrogen-bond acceptors (Lipinski definition) is 5. The number of aromatic nitrogens is 3. The third-order valence-electron chi connectivity index (χ3n) is 2.58. The van der Waals surface area contributed by atoms with Crippen LogP contribution in [-0.4, -0.2) is 22.8 Å². The quantitative estimate of drug-likeness (QED) is 0.742. The van der Waals surface area contributed by atoms with Gasteiger partial charge < -0.3 is 0 Å². The van der Waals surface area contributed by atoms with Gasteiger partial charge in [0.15, 0.2) is 0 Å². The Kier molecular flexibility index (Phi) is 2.92. The van der Waals surface area contributed by atoms with Crippen LogP contribution in [0.1, 0.15) is 0 Å². The summed E-state index contributed by atoms with van der Waals surface area (Å²) in [4.78, 5) is 0.191. The minimum atomic E-state index is -3.66. The molecule has 0 fully saturated rings. The standard InChI is InChI=1S/C12H9N3O2S2/c16-19(17,11-4-2-1-3-5-11)15-8-12(13-14-15)10-6-7-18-9-10/h1-9H. The Labute approximate surface area is 114 Å². The van der Waals surface area contributed by atoms with Crippen molar-refractivity contribution in [1.29, 1.82) is 0 Å². The molecule has 0 aliphatic heterocycles. The lowest BCUT2D eigenvalue weighted by molar-refractivity contribution is 0.577. The van der Waals surface area contributed by atoms with Crippen LogP contribution < -0.4 is 0 Å². The van der Waals surface area contributed by atoms with Crippen molar-refractivity contribution in [2.45, 2.75) is 4.90 Å². The van der Waals surface area contributed by atoms with Crippen molar-refractivity contribution in [3.63, 3.8) is 0 Å². The lowest BCUT2D eigenvalue weighted by Gasteiger charge is -2.01. The second kappa shape index (κ2) is 4.60. The van der Waals surface area contributed by atoms with Gasteiger partial charge in [0.2, 0.25) is 0 Å². The van der Waals surface area contributed by atoms with E-state index in [0.29, 0.717) is 5.69 Å². The van der Waals surface area contributed by atoms with E-state index in [2.05, 4.69) is 10.3 Å². The highest BCUT2D eigenvalue weighted by atomic mass is 32.2. The van der Waals surface area contributed by atoms with Crippen LogP contribution in [0.5, 0.6) is 0 Å². The van der Waals surface area contributed by atoms with Crippen LogP contribution in [0.2, 0.25) is 0 Å². The minimum Gasteiger partial charge on any atom is -0.199 e. The molecule has 0 aliphatic rings. The zero-order valence-electron chi connectivity index (χ0n) is 9.67. The fraction of sp³-hybridized carbons (Fsp3) is 0. The van der Waals surface area contributed by atoms with Gasteiger partial charge in [0.05, 0.1) is 11.1 Å². The summed E-state index contributed by atoms with van der Waals surface area (Å²) in [5, 5.41) is 11.4. The van der Waals surface area contributed by atoms with Crippen LogP contribution in [-0.2, 0) is 10.0 Å². The zero-order valence-corrected chi connectivity index (χ0v) is 11.3. The van der Waals surface area contributed by atoms with Gasteiger partial charge in [-0.25, -0.2) is 0 Å². The van der Waals surface area contributed by atoms with Gasteiger partial charge in [0, 0.05) is 10.9 Å². The second-order valence-electron chi connectivity index (χ2n) is 3.81. The lowest BCUT2D eigenvalue weighted by atomic mass is 10.3. The van der Waals surface area contributed by atoms with Crippen LogP contribution in [0.25, 0.3) is 11.3 Å². The fourth-order valence-electron chi connectivity index (χ4n) is 1.61. The number of thiophene rings is 1. The first-order valence-electron chi connectivity index (χ1n) is 5.43. The molecule has 3 aromatic rings. The summed E-state index contributed by atoms with van der Waals surface area (Å²) in [6, 6.07) is 10.0. The SMILES string of the molecule is O=S(=O)(c1ccccc1)n1cc(-c2ccsc2)nn1. The first-order valence-corrected chi connectivity index (χ1v) is 7.82. The lowest BCUT2D eigenvalue weighted by Crippen LogP contribution is -2.13. The molecule has 0 saturated heterocycles. The molecule has 0 spiro atoms. The summed E-state index contributed by atoms with van der Waals surface area (Å²) >= 11 is 1.52. The van der Waals surface area contributed by atoms with Crippen LogP contribution in [0, 0.1) is 0 Å². The maximum atomic E-state index is 12.3. The van der Waals surface area contributed by atoms with Crippen LogP contribution >= 0.6 is 11.3 Å². The molecule has 2 aromatic heterocycles. The van der Waals surface area contributed by atoms with Gasteiger partial charge >= 0.3 is 0 Å². The van der Waals surface area contributed by atoms with Crippen LogP contribution in [0.15, 0.2) is 58.3 Å². The molecule has 0 radical (unpaired) electrons. The third-order valence-corrected chi connectivity index (χ3v) is 4.80. The molecule has 1 aromatic carbocycles. The first kappa shape index (κ1) is 12.1. The van der Waals surface area contributed by atoms with E-state index in [0.717, 1.165) is 9.65 Å². The predicted octanol–water partition coefficient (Wildman–Crippen LogP) is 2.24. The molecule has 0 N–H and O–H groups in total. The highest BCUT2D eigenvalue weighted by Crippen LogP contribution is 2.20. The molecule has 96 valence electrons. The summed E-state index contributed by atoms with van der Waals surface area (Å²) in [5.74, 6) is 0. The molecule has 0 saturated carbocycles. The van der Waals surface area contributed by atoms with E-state index < -0.39 is 10.0 Å². The summed E-state index contributed by atoms with van der Waals surface area (Å²) in [7, 11) is -3.66. The smallest absolute Gasteiger partial charge is 0.199 e. The second-order valence-corrected chi connectivity index (χ2v) is 6.38. The molecule has 0 atom stereocenters. The molecule has 19 heavy (non-hydrogen) atoms. The Morgan fingerprint density at radius 1 is 1.11 bits per heavy atom. The van der Waals surface area contributed by atoms with Crippen molar-refractivity contribution in [2.24, 2.45) is 0 Å². The first-order chi connectivity index (χ1) is 9.18. The molecule has 5 nitrogen and oxygen atoms in total. The largest absolute Gasteiger partial charge is 0.284 e. The normalized spacial score (nSPS) is 11.6. The third kappa shape index (κ3) is 2.18. The maximum absolute atomic E-state index is 12.3. The molecule has 3 rings (SSSR count). The Hall–Kier alpha value is -1.99. The van der Waals surface area contributed by atoms with E-state index in [4.69, 9.17) is 0 Å². The molecule has 7 heteroatoms. The van der Waals surface area contributed by atoms with Gasteiger partial charge in [-0.3, -0.25) is 0 Å². The molecule has 2 heterocycles. The van der Waals surface area contributed by atoms with E-state index >= 15 is 0 Å². The van der Waals surface area contributed by atoms with E-state index in [-0.39, 0.29) is 4.90 Å². The van der Waals surface area contributed by atoms with Crippen LogP contribution in [0.3, 0.4) is 0 Å². The van der Waals surface area contributed by atoms with Crippen molar-refractivity contribution in [3.8, 4) is 11.3 Å². The van der Waals surface area contributed by atoms with Crippen molar-refractivity contribution in [1.82, 2.24) is 14.4 Å². The summed E-state index contributed by atoms with van der Waals surface area (Å²) < 4.78 is 25.5. The number of hydrogen-bond donors (Lipinski definition) is 0. The molecule has 0 unspecified atom stereocenters. The highest BCUT2D eigenvalue weighted by Gasteiger charge is 2.18. The Morgan fingerprint density at radius 2 is 1.89 bits per heavy atom. The Balaban J connectivity index is 2.04. The van der Waals surface area contributed by atoms with Gasteiger partial charge in [-0.15, -0.1) is 9.19 Å². The fourth-order valence-corrected chi connectivity index (χ4v) is 3.35. The molecule has 0 aliphatic carbocycles. The van der Waals surface area contributed by atoms with Gasteiger partial charge in [-0.05, 0) is 23.6 Å². The van der Waals surface area contributed by atoms with Crippen molar-refractivity contribution >= 4 is 21.4 Å². The summed E-state index contributed by atoms with van der Waals surface area (Å²) in [5.41, 5.74) is 1.40. The number of nitrogens with zero attached hydrogens (tertiary/aromatic N) is 3. The topological polar surface area (TPSA) is 64.8 Å². The van der Waals surface area contributed by atoms with Crippen LogP contribution in [0.4, 0.5) is 0 Å². The van der Waals surface area contributed by atoms with Gasteiger partial charge in [0.1, 0.15) is 5.69 Å². The average Bonchev–Trinajstić information content (AvgIpc) is 3.10. The molecular weight excluding hydrogens is 282 g/mol. The Bertz CT molecular complexity index is 778. The molecular formula is C12H9N3O2S2. The van der Waals surface area contributed by atoms with E-state index in [1.165, 1.54) is 29.7 Å². The van der Waals surface area contributed by atoms with Crippen molar-refractivity contribution in [3.05, 3.63) is 53.4 Å². The molecule has 0 amide bonds. The molecule has 0 bridgehead atoms. The summed E-state index contributed by atoms with van der Waals surface area (Å²) in [6.45, 7) is 0. The van der Waals surface area contributed by atoms with E-state index in [1.807, 2.05) is 16.8 Å². The van der Waals surface area contributed by atoms with E-state index in [1.54, 1.807) is 18.2 Å². The van der Waals surface area contributed by atoms with E-state index in [9.17, 15) is 8.42 Å². The van der Waals surface area contributed by atoms with Crippen molar-refractivity contribution < 1.29 is 8.42 Å².